The van der Waals surface area contributed by atoms with Crippen molar-refractivity contribution < 1.29 is 9.90 Å². The van der Waals surface area contributed by atoms with Crippen molar-refractivity contribution in [3.8, 4) is 0 Å². The summed E-state index contributed by atoms with van der Waals surface area (Å²) in [6, 6.07) is 4.25. The fourth-order valence-electron chi connectivity index (χ4n) is 3.18. The summed E-state index contributed by atoms with van der Waals surface area (Å²) in [5.41, 5.74) is 0. The molecule has 3 unspecified atom stereocenters. The van der Waals surface area contributed by atoms with E-state index >= 15 is 0 Å². The zero-order valence-corrected chi connectivity index (χ0v) is 12.9. The van der Waals surface area contributed by atoms with Gasteiger partial charge in [-0.05, 0) is 43.8 Å². The minimum absolute atomic E-state index is 0.00676. The molecule has 0 spiro atoms. The Balaban J connectivity index is 1.58. The topological polar surface area (TPSA) is 64.6 Å². The van der Waals surface area contributed by atoms with Gasteiger partial charge < -0.3 is 15.7 Å². The van der Waals surface area contributed by atoms with Crippen molar-refractivity contribution in [2.45, 2.75) is 37.5 Å². The summed E-state index contributed by atoms with van der Waals surface area (Å²) in [5, 5.41) is 17.7. The van der Waals surface area contributed by atoms with Gasteiger partial charge in [0.1, 0.15) is 0 Å². The highest BCUT2D eigenvalue weighted by Gasteiger charge is 2.30. The van der Waals surface area contributed by atoms with Gasteiger partial charge in [-0.2, -0.15) is 0 Å². The highest BCUT2D eigenvalue weighted by atomic mass is 32.1. The fraction of sp³-hybridized carbons (Fsp3) is 0.667. The van der Waals surface area contributed by atoms with Gasteiger partial charge in [-0.25, -0.2) is 0 Å². The molecular weight excluding hydrogens is 286 g/mol. The lowest BCUT2D eigenvalue weighted by molar-refractivity contribution is -0.123. The number of amides is 1. The Labute approximate surface area is 129 Å². The van der Waals surface area contributed by atoms with Gasteiger partial charge in [0.25, 0.3) is 0 Å². The van der Waals surface area contributed by atoms with Gasteiger partial charge in [-0.1, -0.05) is 6.07 Å². The first-order valence-corrected chi connectivity index (χ1v) is 8.58. The molecule has 3 N–H and O–H groups in total. The van der Waals surface area contributed by atoms with Gasteiger partial charge in [0.2, 0.25) is 5.91 Å². The lowest BCUT2D eigenvalue weighted by Gasteiger charge is -2.27. The van der Waals surface area contributed by atoms with E-state index in [0.29, 0.717) is 19.5 Å². The summed E-state index contributed by atoms with van der Waals surface area (Å²) in [6.45, 7) is 3.38. The molecule has 1 amide bonds. The summed E-state index contributed by atoms with van der Waals surface area (Å²) in [4.78, 5) is 16.0. The number of aliphatic hydroxyl groups excluding tert-OH is 1. The third-order valence-electron chi connectivity index (χ3n) is 4.35. The van der Waals surface area contributed by atoms with Crippen LogP contribution in [-0.4, -0.2) is 54.2 Å². The minimum atomic E-state index is -0.396. The van der Waals surface area contributed by atoms with E-state index in [2.05, 4.69) is 33.0 Å². The Morgan fingerprint density at radius 1 is 1.52 bits per heavy atom. The molecule has 6 heteroatoms. The maximum atomic E-state index is 12.2. The number of rotatable bonds is 5. The maximum absolute atomic E-state index is 12.2. The van der Waals surface area contributed by atoms with Crippen molar-refractivity contribution in [1.29, 1.82) is 0 Å². The van der Waals surface area contributed by atoms with Crippen molar-refractivity contribution in [2.75, 3.05) is 26.2 Å². The molecule has 1 aromatic rings. The zero-order valence-electron chi connectivity index (χ0n) is 12.1. The number of hydrogen-bond acceptors (Lipinski definition) is 5. The first-order chi connectivity index (χ1) is 10.2. The second-order valence-corrected chi connectivity index (χ2v) is 6.85. The van der Waals surface area contributed by atoms with Gasteiger partial charge >= 0.3 is 0 Å². The molecule has 116 valence electrons. The average Bonchev–Trinajstić information content (AvgIpc) is 3.21. The first-order valence-electron chi connectivity index (χ1n) is 7.70. The Morgan fingerprint density at radius 2 is 2.33 bits per heavy atom. The molecule has 0 aliphatic carbocycles. The predicted octanol–water partition coefficient (Wildman–Crippen LogP) is 0.724. The quantitative estimate of drug-likeness (QED) is 0.750. The number of thiophene rings is 1. The minimum Gasteiger partial charge on any atom is -0.392 e. The van der Waals surface area contributed by atoms with Crippen molar-refractivity contribution in [3.63, 3.8) is 0 Å². The van der Waals surface area contributed by atoms with E-state index in [0.717, 1.165) is 13.1 Å². The number of hydrogen-bond donors (Lipinski definition) is 3. The van der Waals surface area contributed by atoms with Crippen LogP contribution in [0.1, 0.15) is 30.2 Å². The maximum Gasteiger partial charge on any atom is 0.237 e. The fourth-order valence-corrected chi connectivity index (χ4v) is 4.04. The van der Waals surface area contributed by atoms with Crippen LogP contribution < -0.4 is 10.6 Å². The molecule has 2 aliphatic heterocycles. The van der Waals surface area contributed by atoms with Crippen LogP contribution in [0.25, 0.3) is 0 Å². The predicted molar refractivity (Wildman–Crippen MR) is 83.3 cm³/mol. The van der Waals surface area contributed by atoms with Crippen molar-refractivity contribution in [2.24, 2.45) is 0 Å². The zero-order chi connectivity index (χ0) is 14.7. The van der Waals surface area contributed by atoms with Crippen LogP contribution in [0.15, 0.2) is 17.5 Å². The molecule has 0 radical (unpaired) electrons. The van der Waals surface area contributed by atoms with E-state index in [-0.39, 0.29) is 18.0 Å². The molecule has 0 aromatic carbocycles. The summed E-state index contributed by atoms with van der Waals surface area (Å²) >= 11 is 1.75. The number of carbonyl (C=O) groups is 1. The van der Waals surface area contributed by atoms with E-state index in [4.69, 9.17) is 0 Å². The van der Waals surface area contributed by atoms with Gasteiger partial charge in [0.15, 0.2) is 0 Å². The van der Waals surface area contributed by atoms with Crippen molar-refractivity contribution >= 4 is 17.2 Å². The molecule has 21 heavy (non-hydrogen) atoms. The molecule has 3 rings (SSSR count). The molecule has 5 nitrogen and oxygen atoms in total. The van der Waals surface area contributed by atoms with Gasteiger partial charge in [0.05, 0.1) is 18.2 Å². The Bertz CT molecular complexity index is 459. The lowest BCUT2D eigenvalue weighted by atomic mass is 10.1. The second kappa shape index (κ2) is 6.87. The third-order valence-corrected chi connectivity index (χ3v) is 5.32. The largest absolute Gasteiger partial charge is 0.392 e. The number of aliphatic hydroxyl groups is 1. The van der Waals surface area contributed by atoms with Crippen LogP contribution in [0.4, 0.5) is 0 Å². The first kappa shape index (κ1) is 15.0. The number of β-amino-alcohol motifs (C(OH)–C–C–N with tert-alkyl or cyclic N) is 1. The molecule has 2 saturated heterocycles. The highest BCUT2D eigenvalue weighted by molar-refractivity contribution is 7.10. The summed E-state index contributed by atoms with van der Waals surface area (Å²) < 4.78 is 0. The van der Waals surface area contributed by atoms with E-state index in [1.54, 1.807) is 11.3 Å². The van der Waals surface area contributed by atoms with Crippen LogP contribution in [0.2, 0.25) is 0 Å². The van der Waals surface area contributed by atoms with Gasteiger partial charge in [0, 0.05) is 18.0 Å². The Kier molecular flexibility index (Phi) is 4.90. The molecule has 3 heterocycles. The second-order valence-electron chi connectivity index (χ2n) is 5.87. The number of nitrogens with one attached hydrogen (secondary N) is 2. The molecule has 3 atom stereocenters. The van der Waals surface area contributed by atoms with Crippen LogP contribution in [0.5, 0.6) is 0 Å². The van der Waals surface area contributed by atoms with E-state index in [9.17, 15) is 9.90 Å². The van der Waals surface area contributed by atoms with E-state index in [1.165, 1.54) is 17.7 Å². The normalized spacial score (nSPS) is 27.9. The number of carbonyl (C=O) groups excluding carboxylic acids is 1. The smallest absolute Gasteiger partial charge is 0.237 e. The summed E-state index contributed by atoms with van der Waals surface area (Å²) in [7, 11) is 0. The summed E-state index contributed by atoms with van der Waals surface area (Å²) in [6.07, 6.45) is 2.60. The van der Waals surface area contributed by atoms with Gasteiger partial charge in [-0.3, -0.25) is 9.69 Å². The standard InChI is InChI=1S/C15H23N3O2S/c19-11-8-12(16-9-11)15(20)17-10-13(14-4-3-7-21-14)18-5-1-2-6-18/h3-4,7,11-13,16,19H,1-2,5-6,8-10H2,(H,17,20). The van der Waals surface area contributed by atoms with E-state index in [1.807, 2.05) is 0 Å². The molecule has 0 saturated carbocycles. The SMILES string of the molecule is O=C(NCC(c1cccs1)N1CCCC1)C1CC(O)CN1. The van der Waals surface area contributed by atoms with Crippen LogP contribution in [0.3, 0.4) is 0 Å². The molecule has 2 fully saturated rings. The van der Waals surface area contributed by atoms with Crippen LogP contribution in [-0.2, 0) is 4.79 Å². The molecular formula is C15H23N3O2S. The van der Waals surface area contributed by atoms with Crippen molar-refractivity contribution in [1.82, 2.24) is 15.5 Å². The Morgan fingerprint density at radius 3 is 2.95 bits per heavy atom. The van der Waals surface area contributed by atoms with E-state index < -0.39 is 6.10 Å². The number of nitrogens with zero attached hydrogens (tertiary/aromatic N) is 1. The highest BCUT2D eigenvalue weighted by Crippen LogP contribution is 2.27. The third kappa shape index (κ3) is 3.63. The van der Waals surface area contributed by atoms with Crippen molar-refractivity contribution in [3.05, 3.63) is 22.4 Å². The molecule has 2 aliphatic rings. The molecule has 0 bridgehead atoms. The Hall–Kier alpha value is -0.950. The average molecular weight is 309 g/mol. The van der Waals surface area contributed by atoms with Crippen LogP contribution in [0, 0.1) is 0 Å². The summed E-state index contributed by atoms with van der Waals surface area (Å²) in [5.74, 6) is 0.00676. The molecule has 1 aromatic heterocycles. The lowest BCUT2D eigenvalue weighted by Crippen LogP contribution is -2.44. The van der Waals surface area contributed by atoms with Crippen LogP contribution >= 0.6 is 11.3 Å². The van der Waals surface area contributed by atoms with Gasteiger partial charge in [-0.15, -0.1) is 11.3 Å². The monoisotopic (exact) mass is 309 g/mol. The number of likely N-dealkylation sites (tertiary alicyclic amines) is 1.